The second-order valence-electron chi connectivity index (χ2n) is 12.0. The molecular weight excluding hydrogens is 438 g/mol. The quantitative estimate of drug-likeness (QED) is 0.556. The summed E-state index contributed by atoms with van der Waals surface area (Å²) in [5, 5.41) is 0. The summed E-state index contributed by atoms with van der Waals surface area (Å²) in [6.07, 6.45) is 0.960. The van der Waals surface area contributed by atoms with Crippen molar-refractivity contribution >= 4 is 22.8 Å². The van der Waals surface area contributed by atoms with Crippen molar-refractivity contribution in [2.45, 2.75) is 54.5 Å². The number of hydrogen-bond acceptors (Lipinski definition) is 4. The van der Waals surface area contributed by atoms with Gasteiger partial charge in [0.1, 0.15) is 0 Å². The van der Waals surface area contributed by atoms with Crippen LogP contribution in [0.25, 0.3) is 22.4 Å². The molecule has 188 valence electrons. The van der Waals surface area contributed by atoms with E-state index in [0.29, 0.717) is 12.2 Å². The van der Waals surface area contributed by atoms with Gasteiger partial charge in [0.15, 0.2) is 5.65 Å². The highest BCUT2D eigenvalue weighted by Gasteiger charge is 2.28. The van der Waals surface area contributed by atoms with E-state index in [4.69, 9.17) is 4.98 Å². The van der Waals surface area contributed by atoms with Gasteiger partial charge >= 0.3 is 5.69 Å². The van der Waals surface area contributed by atoms with Crippen molar-refractivity contribution in [3.05, 3.63) is 46.9 Å². The first-order valence-electron chi connectivity index (χ1n) is 12.6. The van der Waals surface area contributed by atoms with E-state index in [0.717, 1.165) is 55.1 Å². The van der Waals surface area contributed by atoms with Gasteiger partial charge in [0.2, 0.25) is 5.91 Å². The maximum Gasteiger partial charge on any atom is 0.330 e. The molecule has 0 aliphatic carbocycles. The molecule has 1 saturated heterocycles. The number of aryl methyl sites for hydroxylation is 1. The summed E-state index contributed by atoms with van der Waals surface area (Å²) in [7, 11) is 1.79. The van der Waals surface area contributed by atoms with Crippen molar-refractivity contribution in [2.24, 2.45) is 17.9 Å². The van der Waals surface area contributed by atoms with Crippen LogP contribution in [0.3, 0.4) is 0 Å². The molecule has 7 heteroatoms. The van der Waals surface area contributed by atoms with E-state index in [2.05, 4.69) is 49.9 Å². The third kappa shape index (κ3) is 5.29. The molecule has 35 heavy (non-hydrogen) atoms. The number of benzene rings is 1. The van der Waals surface area contributed by atoms with E-state index in [-0.39, 0.29) is 22.4 Å². The van der Waals surface area contributed by atoms with Crippen LogP contribution in [-0.2, 0) is 18.4 Å². The van der Waals surface area contributed by atoms with Gasteiger partial charge in [-0.25, -0.2) is 9.78 Å². The molecule has 0 saturated carbocycles. The van der Waals surface area contributed by atoms with Gasteiger partial charge in [-0.15, -0.1) is 0 Å². The van der Waals surface area contributed by atoms with Crippen LogP contribution in [-0.4, -0.2) is 51.1 Å². The molecule has 7 nitrogen and oxygen atoms in total. The second-order valence-corrected chi connectivity index (χ2v) is 12.0. The summed E-state index contributed by atoms with van der Waals surface area (Å²) in [6, 6.07) is 12.5. The zero-order valence-electron chi connectivity index (χ0n) is 22.3. The Morgan fingerprint density at radius 1 is 0.914 bits per heavy atom. The molecule has 2 aromatic heterocycles. The fraction of sp³-hybridized carbons (Fsp3) is 0.536. The Kier molecular flexibility index (Phi) is 6.56. The van der Waals surface area contributed by atoms with Gasteiger partial charge in [0.05, 0.1) is 11.2 Å². The first-order chi connectivity index (χ1) is 16.3. The number of pyridine rings is 1. The van der Waals surface area contributed by atoms with Crippen LogP contribution in [0.4, 0.5) is 5.69 Å². The standard InChI is InChI=1S/C28H39N5O2/c1-27(2,3)19-33-23-14-13-22(29-24(23)30(7)26(33)35)20-9-11-21(12-10-20)31-15-8-16-32(18-17-31)25(34)28(4,5)6/h9-14H,8,15-19H2,1-7H3. The van der Waals surface area contributed by atoms with Gasteiger partial charge in [-0.05, 0) is 36.1 Å². The molecular formula is C28H39N5O2. The summed E-state index contributed by atoms with van der Waals surface area (Å²) in [5.41, 5.74) is 4.22. The van der Waals surface area contributed by atoms with Crippen LogP contribution in [0.1, 0.15) is 48.0 Å². The number of amides is 1. The number of carbonyl (C=O) groups is 1. The van der Waals surface area contributed by atoms with E-state index >= 15 is 0 Å². The molecule has 1 aromatic carbocycles. The van der Waals surface area contributed by atoms with E-state index < -0.39 is 0 Å². The Morgan fingerprint density at radius 3 is 2.23 bits per heavy atom. The molecule has 1 fully saturated rings. The summed E-state index contributed by atoms with van der Waals surface area (Å²) >= 11 is 0. The molecule has 0 unspecified atom stereocenters. The minimum absolute atomic E-state index is 0.00297. The Labute approximate surface area is 208 Å². The fourth-order valence-electron chi connectivity index (χ4n) is 4.76. The van der Waals surface area contributed by atoms with Gasteiger partial charge in [-0.3, -0.25) is 13.9 Å². The van der Waals surface area contributed by atoms with Crippen LogP contribution < -0.4 is 10.6 Å². The average molecular weight is 478 g/mol. The van der Waals surface area contributed by atoms with Crippen LogP contribution in [0.5, 0.6) is 0 Å². The van der Waals surface area contributed by atoms with Crippen molar-refractivity contribution in [1.29, 1.82) is 0 Å². The average Bonchev–Trinajstić information content (AvgIpc) is 2.96. The van der Waals surface area contributed by atoms with Gasteiger partial charge < -0.3 is 9.80 Å². The molecule has 1 amide bonds. The van der Waals surface area contributed by atoms with Crippen molar-refractivity contribution in [2.75, 3.05) is 31.1 Å². The smallest absolute Gasteiger partial charge is 0.330 e. The topological polar surface area (TPSA) is 63.4 Å². The van der Waals surface area contributed by atoms with Crippen molar-refractivity contribution in [1.82, 2.24) is 19.0 Å². The summed E-state index contributed by atoms with van der Waals surface area (Å²) in [6.45, 7) is 16.3. The van der Waals surface area contributed by atoms with Crippen molar-refractivity contribution < 1.29 is 4.79 Å². The van der Waals surface area contributed by atoms with E-state index in [1.165, 1.54) is 0 Å². The monoisotopic (exact) mass is 477 g/mol. The maximum atomic E-state index is 12.8. The van der Waals surface area contributed by atoms with Crippen LogP contribution >= 0.6 is 0 Å². The lowest BCUT2D eigenvalue weighted by molar-refractivity contribution is -0.139. The minimum Gasteiger partial charge on any atom is -0.370 e. The summed E-state index contributed by atoms with van der Waals surface area (Å²) < 4.78 is 3.46. The number of fused-ring (bicyclic) bond motifs is 1. The Morgan fingerprint density at radius 2 is 1.60 bits per heavy atom. The highest BCUT2D eigenvalue weighted by molar-refractivity contribution is 5.81. The lowest BCUT2D eigenvalue weighted by Crippen LogP contribution is -2.41. The van der Waals surface area contributed by atoms with E-state index in [1.54, 1.807) is 11.6 Å². The number of hydrogen-bond donors (Lipinski definition) is 0. The third-order valence-corrected chi connectivity index (χ3v) is 6.57. The molecule has 0 atom stereocenters. The molecule has 3 aromatic rings. The number of carbonyl (C=O) groups excluding carboxylic acids is 1. The van der Waals surface area contributed by atoms with Crippen molar-refractivity contribution in [3.63, 3.8) is 0 Å². The third-order valence-electron chi connectivity index (χ3n) is 6.57. The molecule has 0 spiro atoms. The number of nitrogens with zero attached hydrogens (tertiary/aromatic N) is 5. The lowest BCUT2D eigenvalue weighted by atomic mass is 9.94. The SMILES string of the molecule is Cn1c(=O)n(CC(C)(C)C)c2ccc(-c3ccc(N4CCCN(C(=O)C(C)(C)C)CC4)cc3)nc21. The summed E-state index contributed by atoms with van der Waals surface area (Å²) in [5.74, 6) is 0.224. The zero-order chi connectivity index (χ0) is 25.5. The zero-order valence-corrected chi connectivity index (χ0v) is 22.3. The summed E-state index contributed by atoms with van der Waals surface area (Å²) in [4.78, 5) is 34.7. The fourth-order valence-corrected chi connectivity index (χ4v) is 4.76. The molecule has 1 aliphatic heterocycles. The lowest BCUT2D eigenvalue weighted by Gasteiger charge is -2.28. The van der Waals surface area contributed by atoms with Crippen LogP contribution in [0.2, 0.25) is 0 Å². The first kappa shape index (κ1) is 25.0. The van der Waals surface area contributed by atoms with E-state index in [9.17, 15) is 9.59 Å². The highest BCUT2D eigenvalue weighted by atomic mass is 16.2. The number of aromatic nitrogens is 3. The van der Waals surface area contributed by atoms with Crippen LogP contribution in [0, 0.1) is 10.8 Å². The Balaban J connectivity index is 1.54. The Bertz CT molecular complexity index is 1270. The number of imidazole rings is 1. The molecule has 4 rings (SSSR count). The molecule has 3 heterocycles. The molecule has 1 aliphatic rings. The molecule has 0 bridgehead atoms. The normalized spacial score (nSPS) is 15.5. The number of rotatable bonds is 3. The van der Waals surface area contributed by atoms with Gasteiger partial charge in [-0.2, -0.15) is 0 Å². The minimum atomic E-state index is -0.345. The van der Waals surface area contributed by atoms with E-state index in [1.807, 2.05) is 42.4 Å². The molecule has 0 radical (unpaired) electrons. The predicted octanol–water partition coefficient (Wildman–Crippen LogP) is 4.53. The van der Waals surface area contributed by atoms with Gasteiger partial charge in [0.25, 0.3) is 0 Å². The van der Waals surface area contributed by atoms with Crippen LogP contribution in [0.15, 0.2) is 41.2 Å². The highest BCUT2D eigenvalue weighted by Crippen LogP contribution is 2.26. The van der Waals surface area contributed by atoms with Gasteiger partial charge in [-0.1, -0.05) is 53.7 Å². The maximum absolute atomic E-state index is 12.8. The Hall–Kier alpha value is -3.09. The second kappa shape index (κ2) is 9.17. The molecule has 0 N–H and O–H groups in total. The van der Waals surface area contributed by atoms with Crippen molar-refractivity contribution in [3.8, 4) is 11.3 Å². The number of anilines is 1. The predicted molar refractivity (Wildman–Crippen MR) is 143 cm³/mol. The largest absolute Gasteiger partial charge is 0.370 e. The first-order valence-corrected chi connectivity index (χ1v) is 12.6. The van der Waals surface area contributed by atoms with Gasteiger partial charge in [0, 0.05) is 56.4 Å².